The fourth-order valence-electron chi connectivity index (χ4n) is 2.87. The van der Waals surface area contributed by atoms with Crippen molar-refractivity contribution in [1.29, 1.82) is 0 Å². The number of methoxy groups -OCH3 is 1. The smallest absolute Gasteiger partial charge is 0.256 e. The minimum absolute atomic E-state index is 0.343. The average Bonchev–Trinajstić information content (AvgIpc) is 3.07. The van der Waals surface area contributed by atoms with Crippen LogP contribution in [0.5, 0.6) is 5.75 Å². The van der Waals surface area contributed by atoms with Crippen LogP contribution in [0, 0.1) is 5.82 Å². The number of nitrogens with one attached hydrogen (secondary N) is 1. The minimum Gasteiger partial charge on any atom is -0.497 e. The SMILES string of the molecule is COc1cccc(-c2nc3ccccn3c2NC(=O)c2ccc(F)cc2)c1. The first-order chi connectivity index (χ1) is 13.2. The molecule has 0 aliphatic heterocycles. The van der Waals surface area contributed by atoms with Crippen molar-refractivity contribution in [2.24, 2.45) is 0 Å². The monoisotopic (exact) mass is 361 g/mol. The molecule has 6 heteroatoms. The lowest BCUT2D eigenvalue weighted by Gasteiger charge is -2.09. The second kappa shape index (κ2) is 6.92. The number of ether oxygens (including phenoxy) is 1. The van der Waals surface area contributed by atoms with Crippen LogP contribution in [0.3, 0.4) is 0 Å². The highest BCUT2D eigenvalue weighted by atomic mass is 19.1. The molecule has 0 fully saturated rings. The van der Waals surface area contributed by atoms with Crippen molar-refractivity contribution in [1.82, 2.24) is 9.38 Å². The van der Waals surface area contributed by atoms with Crippen LogP contribution in [0.1, 0.15) is 10.4 Å². The summed E-state index contributed by atoms with van der Waals surface area (Å²) in [6, 6.07) is 18.5. The van der Waals surface area contributed by atoms with Crippen LogP contribution in [0.25, 0.3) is 16.9 Å². The maximum Gasteiger partial charge on any atom is 0.256 e. The molecule has 2 aromatic carbocycles. The van der Waals surface area contributed by atoms with E-state index in [0.29, 0.717) is 28.5 Å². The molecule has 2 aromatic heterocycles. The molecule has 1 amide bonds. The Morgan fingerprint density at radius 3 is 2.67 bits per heavy atom. The molecule has 0 bridgehead atoms. The van der Waals surface area contributed by atoms with E-state index in [0.717, 1.165) is 5.56 Å². The maximum absolute atomic E-state index is 13.1. The molecule has 4 aromatic rings. The average molecular weight is 361 g/mol. The summed E-state index contributed by atoms with van der Waals surface area (Å²) >= 11 is 0. The number of hydrogen-bond acceptors (Lipinski definition) is 3. The molecule has 0 saturated carbocycles. The van der Waals surface area contributed by atoms with Gasteiger partial charge in [0.15, 0.2) is 0 Å². The maximum atomic E-state index is 13.1. The van der Waals surface area contributed by atoms with Gasteiger partial charge in [-0.15, -0.1) is 0 Å². The molecule has 0 spiro atoms. The van der Waals surface area contributed by atoms with Gasteiger partial charge in [0.2, 0.25) is 0 Å². The van der Waals surface area contributed by atoms with E-state index in [9.17, 15) is 9.18 Å². The van der Waals surface area contributed by atoms with Gasteiger partial charge < -0.3 is 10.1 Å². The number of amides is 1. The number of benzene rings is 2. The topological polar surface area (TPSA) is 55.6 Å². The fourth-order valence-corrected chi connectivity index (χ4v) is 2.87. The van der Waals surface area contributed by atoms with E-state index in [2.05, 4.69) is 10.3 Å². The van der Waals surface area contributed by atoms with E-state index in [4.69, 9.17) is 4.74 Å². The first kappa shape index (κ1) is 16.8. The summed E-state index contributed by atoms with van der Waals surface area (Å²) in [5.41, 5.74) is 2.49. The Bertz CT molecular complexity index is 1120. The van der Waals surface area contributed by atoms with E-state index < -0.39 is 5.82 Å². The Hall–Kier alpha value is -3.67. The molecular formula is C21H16FN3O2. The van der Waals surface area contributed by atoms with Gasteiger partial charge in [-0.25, -0.2) is 9.37 Å². The van der Waals surface area contributed by atoms with Crippen LogP contribution in [-0.2, 0) is 0 Å². The predicted octanol–water partition coefficient (Wildman–Crippen LogP) is 4.40. The second-order valence-electron chi connectivity index (χ2n) is 5.93. The van der Waals surface area contributed by atoms with Gasteiger partial charge in [0.1, 0.15) is 28.7 Å². The van der Waals surface area contributed by atoms with Crippen LogP contribution in [0.2, 0.25) is 0 Å². The summed E-state index contributed by atoms with van der Waals surface area (Å²) in [7, 11) is 1.60. The van der Waals surface area contributed by atoms with Gasteiger partial charge in [0.25, 0.3) is 5.91 Å². The standard InChI is InChI=1S/C21H16FN3O2/c1-27-17-6-4-5-15(13-17)19-20(25-12-3-2-7-18(25)23-19)24-21(26)14-8-10-16(22)11-9-14/h2-13H,1H3,(H,24,26). The van der Waals surface area contributed by atoms with Crippen molar-refractivity contribution in [2.45, 2.75) is 0 Å². The second-order valence-corrected chi connectivity index (χ2v) is 5.93. The highest BCUT2D eigenvalue weighted by Gasteiger charge is 2.17. The number of carbonyl (C=O) groups is 1. The molecule has 1 N–H and O–H groups in total. The zero-order chi connectivity index (χ0) is 18.8. The number of hydrogen-bond donors (Lipinski definition) is 1. The number of halogens is 1. The zero-order valence-electron chi connectivity index (χ0n) is 14.5. The molecule has 0 unspecified atom stereocenters. The lowest BCUT2D eigenvalue weighted by molar-refractivity contribution is 0.102. The van der Waals surface area contributed by atoms with Gasteiger partial charge in [-0.05, 0) is 48.5 Å². The van der Waals surface area contributed by atoms with E-state index in [1.54, 1.807) is 11.5 Å². The Morgan fingerprint density at radius 1 is 1.07 bits per heavy atom. The minimum atomic E-state index is -0.390. The summed E-state index contributed by atoms with van der Waals surface area (Å²) in [5, 5.41) is 2.90. The number of fused-ring (bicyclic) bond motifs is 1. The molecule has 0 aliphatic carbocycles. The lowest BCUT2D eigenvalue weighted by atomic mass is 10.1. The van der Waals surface area contributed by atoms with Gasteiger partial charge in [0, 0.05) is 17.3 Å². The summed E-state index contributed by atoms with van der Waals surface area (Å²) in [5.74, 6) is 0.497. The van der Waals surface area contributed by atoms with E-state index in [1.165, 1.54) is 24.3 Å². The molecule has 2 heterocycles. The van der Waals surface area contributed by atoms with Gasteiger partial charge in [-0.3, -0.25) is 9.20 Å². The highest BCUT2D eigenvalue weighted by molar-refractivity contribution is 6.05. The number of rotatable bonds is 4. The van der Waals surface area contributed by atoms with Crippen molar-refractivity contribution < 1.29 is 13.9 Å². The Morgan fingerprint density at radius 2 is 1.89 bits per heavy atom. The quantitative estimate of drug-likeness (QED) is 0.586. The summed E-state index contributed by atoms with van der Waals surface area (Å²) in [6.45, 7) is 0. The van der Waals surface area contributed by atoms with Gasteiger partial charge >= 0.3 is 0 Å². The Balaban J connectivity index is 1.80. The molecule has 4 rings (SSSR count). The van der Waals surface area contributed by atoms with E-state index in [1.807, 2.05) is 48.7 Å². The number of nitrogens with zero attached hydrogens (tertiary/aromatic N) is 2. The van der Waals surface area contributed by atoms with Crippen LogP contribution in [0.4, 0.5) is 10.2 Å². The lowest BCUT2D eigenvalue weighted by Crippen LogP contribution is -2.14. The Kier molecular flexibility index (Phi) is 4.30. The zero-order valence-corrected chi connectivity index (χ0v) is 14.5. The van der Waals surface area contributed by atoms with Crippen LogP contribution >= 0.6 is 0 Å². The van der Waals surface area contributed by atoms with E-state index >= 15 is 0 Å². The summed E-state index contributed by atoms with van der Waals surface area (Å²) < 4.78 is 20.2. The first-order valence-electron chi connectivity index (χ1n) is 8.34. The number of aromatic nitrogens is 2. The normalized spacial score (nSPS) is 10.7. The molecule has 5 nitrogen and oxygen atoms in total. The number of imidazole rings is 1. The third-order valence-corrected chi connectivity index (χ3v) is 4.21. The highest BCUT2D eigenvalue weighted by Crippen LogP contribution is 2.31. The summed E-state index contributed by atoms with van der Waals surface area (Å²) in [6.07, 6.45) is 1.83. The van der Waals surface area contributed by atoms with E-state index in [-0.39, 0.29) is 5.91 Å². The molecule has 27 heavy (non-hydrogen) atoms. The first-order valence-corrected chi connectivity index (χ1v) is 8.34. The molecule has 0 radical (unpaired) electrons. The molecule has 0 saturated heterocycles. The number of pyridine rings is 1. The molecule has 134 valence electrons. The largest absolute Gasteiger partial charge is 0.497 e. The third-order valence-electron chi connectivity index (χ3n) is 4.21. The van der Waals surface area contributed by atoms with Crippen LogP contribution in [-0.4, -0.2) is 22.4 Å². The van der Waals surface area contributed by atoms with Gasteiger partial charge in [0.05, 0.1) is 7.11 Å². The molecular weight excluding hydrogens is 345 g/mol. The van der Waals surface area contributed by atoms with Crippen molar-refractivity contribution >= 4 is 17.4 Å². The van der Waals surface area contributed by atoms with Crippen molar-refractivity contribution in [2.75, 3.05) is 12.4 Å². The van der Waals surface area contributed by atoms with Crippen molar-refractivity contribution in [3.8, 4) is 17.0 Å². The van der Waals surface area contributed by atoms with Crippen LogP contribution in [0.15, 0.2) is 72.9 Å². The predicted molar refractivity (Wildman–Crippen MR) is 102 cm³/mol. The third kappa shape index (κ3) is 3.25. The Labute approximate surface area is 155 Å². The van der Waals surface area contributed by atoms with Gasteiger partial charge in [-0.1, -0.05) is 18.2 Å². The van der Waals surface area contributed by atoms with Crippen LogP contribution < -0.4 is 10.1 Å². The number of anilines is 1. The summed E-state index contributed by atoms with van der Waals surface area (Å²) in [4.78, 5) is 17.3. The molecule has 0 atom stereocenters. The van der Waals surface area contributed by atoms with Crippen molar-refractivity contribution in [3.63, 3.8) is 0 Å². The molecule has 0 aliphatic rings. The van der Waals surface area contributed by atoms with Gasteiger partial charge in [-0.2, -0.15) is 0 Å². The number of carbonyl (C=O) groups excluding carboxylic acids is 1. The fraction of sp³-hybridized carbons (Fsp3) is 0.0476. The van der Waals surface area contributed by atoms with Crippen molar-refractivity contribution in [3.05, 3.63) is 84.3 Å².